The van der Waals surface area contributed by atoms with Crippen LogP contribution in [0.5, 0.6) is 0 Å². The van der Waals surface area contributed by atoms with Crippen LogP contribution in [0.2, 0.25) is 0 Å². The Labute approximate surface area is 127 Å². The van der Waals surface area contributed by atoms with Gasteiger partial charge in [-0.3, -0.25) is 14.8 Å². The zero-order valence-corrected chi connectivity index (χ0v) is 12.7. The molecule has 0 atom stereocenters. The molecule has 0 radical (unpaired) electrons. The van der Waals surface area contributed by atoms with Crippen molar-refractivity contribution in [3.8, 4) is 0 Å². The van der Waals surface area contributed by atoms with E-state index in [1.54, 1.807) is 0 Å². The molecule has 2 aromatic rings. The normalized spacial score (nSPS) is 11.1. The molecule has 0 aliphatic rings. The number of hydrogen-bond donors (Lipinski definition) is 1. The van der Waals surface area contributed by atoms with Gasteiger partial charge in [-0.1, -0.05) is 6.07 Å². The molecule has 110 valence electrons. The zero-order valence-electron chi connectivity index (χ0n) is 10.3. The number of nitrogens with zero attached hydrogens (tertiary/aromatic N) is 1. The molecule has 0 saturated heterocycles. The highest BCUT2D eigenvalue weighted by Gasteiger charge is 2.17. The van der Waals surface area contributed by atoms with Crippen molar-refractivity contribution in [2.24, 2.45) is 0 Å². The van der Waals surface area contributed by atoms with E-state index in [9.17, 15) is 22.9 Å². The first-order valence-corrected chi connectivity index (χ1v) is 7.79. The fraction of sp³-hybridized carbons (Fsp3) is 0. The topological polar surface area (TPSA) is 89.3 Å². The predicted molar refractivity (Wildman–Crippen MR) is 78.0 cm³/mol. The van der Waals surface area contributed by atoms with Crippen molar-refractivity contribution in [2.45, 2.75) is 4.90 Å². The van der Waals surface area contributed by atoms with Crippen molar-refractivity contribution in [2.75, 3.05) is 4.72 Å². The summed E-state index contributed by atoms with van der Waals surface area (Å²) in [7, 11) is -4.03. The second-order valence-corrected chi connectivity index (χ2v) is 6.53. The van der Waals surface area contributed by atoms with Gasteiger partial charge in [-0.25, -0.2) is 12.8 Å². The van der Waals surface area contributed by atoms with E-state index in [1.165, 1.54) is 30.3 Å². The number of anilines is 1. The van der Waals surface area contributed by atoms with E-state index < -0.39 is 20.8 Å². The van der Waals surface area contributed by atoms with Crippen molar-refractivity contribution in [1.82, 2.24) is 0 Å². The van der Waals surface area contributed by atoms with Crippen LogP contribution in [0, 0.1) is 15.9 Å². The first kappa shape index (κ1) is 15.4. The summed E-state index contributed by atoms with van der Waals surface area (Å²) >= 11 is 2.92. The molecule has 21 heavy (non-hydrogen) atoms. The quantitative estimate of drug-likeness (QED) is 0.656. The average molecular weight is 375 g/mol. The molecule has 0 spiro atoms. The SMILES string of the molecule is O=[N+]([O-])c1cccc(NS(=O)(=O)c2ccc(Br)c(F)c2)c1. The van der Waals surface area contributed by atoms with Gasteiger partial charge >= 0.3 is 0 Å². The van der Waals surface area contributed by atoms with Crippen molar-refractivity contribution in [3.05, 3.63) is 62.9 Å². The second kappa shape index (κ2) is 5.78. The zero-order chi connectivity index (χ0) is 15.6. The summed E-state index contributed by atoms with van der Waals surface area (Å²) in [5.41, 5.74) is -0.232. The number of nitrogens with one attached hydrogen (secondary N) is 1. The Morgan fingerprint density at radius 1 is 1.19 bits per heavy atom. The Morgan fingerprint density at radius 2 is 1.90 bits per heavy atom. The van der Waals surface area contributed by atoms with E-state index in [2.05, 4.69) is 20.7 Å². The Bertz CT molecular complexity index is 811. The minimum atomic E-state index is -4.03. The van der Waals surface area contributed by atoms with Crippen molar-refractivity contribution >= 4 is 37.3 Å². The van der Waals surface area contributed by atoms with E-state index in [-0.39, 0.29) is 20.7 Å². The molecule has 0 unspecified atom stereocenters. The highest BCUT2D eigenvalue weighted by molar-refractivity contribution is 9.10. The lowest BCUT2D eigenvalue weighted by Crippen LogP contribution is -2.13. The van der Waals surface area contributed by atoms with Crippen LogP contribution < -0.4 is 4.72 Å². The summed E-state index contributed by atoms with van der Waals surface area (Å²) in [6.07, 6.45) is 0. The summed E-state index contributed by atoms with van der Waals surface area (Å²) in [6, 6.07) is 8.34. The van der Waals surface area contributed by atoms with Gasteiger partial charge in [0.25, 0.3) is 15.7 Å². The smallest absolute Gasteiger partial charge is 0.271 e. The summed E-state index contributed by atoms with van der Waals surface area (Å²) in [5.74, 6) is -0.725. The number of nitro groups is 1. The van der Waals surface area contributed by atoms with Crippen LogP contribution in [-0.2, 0) is 10.0 Å². The average Bonchev–Trinajstić information content (AvgIpc) is 2.41. The molecule has 0 aliphatic carbocycles. The third-order valence-corrected chi connectivity index (χ3v) is 4.53. The Morgan fingerprint density at radius 3 is 2.52 bits per heavy atom. The van der Waals surface area contributed by atoms with Crippen molar-refractivity contribution in [3.63, 3.8) is 0 Å². The molecule has 2 rings (SSSR count). The molecule has 0 fully saturated rings. The summed E-state index contributed by atoms with van der Waals surface area (Å²) in [4.78, 5) is 9.72. The van der Waals surface area contributed by atoms with Crippen LogP contribution in [0.25, 0.3) is 0 Å². The molecule has 0 aliphatic heterocycles. The van der Waals surface area contributed by atoms with Gasteiger partial charge in [0.05, 0.1) is 20.0 Å². The maximum Gasteiger partial charge on any atom is 0.271 e. The Hall–Kier alpha value is -2.00. The number of non-ortho nitro benzene ring substituents is 1. The molecule has 0 saturated carbocycles. The molecular weight excluding hydrogens is 367 g/mol. The minimum Gasteiger partial charge on any atom is -0.279 e. The van der Waals surface area contributed by atoms with Gasteiger partial charge in [-0.15, -0.1) is 0 Å². The molecule has 0 heterocycles. The number of benzene rings is 2. The van der Waals surface area contributed by atoms with Gasteiger partial charge in [-0.05, 0) is 40.2 Å². The summed E-state index contributed by atoms with van der Waals surface area (Å²) < 4.78 is 39.9. The first-order chi connectivity index (χ1) is 9.79. The van der Waals surface area contributed by atoms with E-state index in [4.69, 9.17) is 0 Å². The molecule has 9 heteroatoms. The molecule has 0 bridgehead atoms. The van der Waals surface area contributed by atoms with E-state index in [1.807, 2.05) is 0 Å². The first-order valence-electron chi connectivity index (χ1n) is 5.52. The standard InChI is InChI=1S/C12H8BrFN2O4S/c13-11-5-4-10(7-12(11)14)21(19,20)15-8-2-1-3-9(6-8)16(17)18/h1-7,15H. The van der Waals surface area contributed by atoms with Gasteiger partial charge in [0, 0.05) is 12.1 Å². The van der Waals surface area contributed by atoms with Crippen LogP contribution in [0.15, 0.2) is 51.8 Å². The molecule has 0 amide bonds. The minimum absolute atomic E-state index is 0.0209. The summed E-state index contributed by atoms with van der Waals surface area (Å²) in [5, 5.41) is 10.6. The largest absolute Gasteiger partial charge is 0.279 e. The highest BCUT2D eigenvalue weighted by Crippen LogP contribution is 2.23. The van der Waals surface area contributed by atoms with Crippen molar-refractivity contribution in [1.29, 1.82) is 0 Å². The van der Waals surface area contributed by atoms with Crippen LogP contribution >= 0.6 is 15.9 Å². The molecule has 1 N–H and O–H groups in total. The maximum absolute atomic E-state index is 13.4. The van der Waals surface area contributed by atoms with Gasteiger partial charge in [-0.2, -0.15) is 0 Å². The number of hydrogen-bond acceptors (Lipinski definition) is 4. The second-order valence-electron chi connectivity index (χ2n) is 3.99. The fourth-order valence-electron chi connectivity index (χ4n) is 1.54. The third kappa shape index (κ3) is 3.56. The molecular formula is C12H8BrFN2O4S. The van der Waals surface area contributed by atoms with Gasteiger partial charge in [0.2, 0.25) is 0 Å². The van der Waals surface area contributed by atoms with Crippen LogP contribution in [0.4, 0.5) is 15.8 Å². The lowest BCUT2D eigenvalue weighted by molar-refractivity contribution is -0.384. The molecule has 0 aromatic heterocycles. The highest BCUT2D eigenvalue weighted by atomic mass is 79.9. The van der Waals surface area contributed by atoms with Gasteiger partial charge in [0.1, 0.15) is 5.82 Å². The van der Waals surface area contributed by atoms with Crippen molar-refractivity contribution < 1.29 is 17.7 Å². The van der Waals surface area contributed by atoms with Gasteiger partial charge in [0.15, 0.2) is 0 Å². The number of sulfonamides is 1. The van der Waals surface area contributed by atoms with Crippen LogP contribution in [0.1, 0.15) is 0 Å². The molecule has 2 aromatic carbocycles. The number of halogens is 2. The Balaban J connectivity index is 2.35. The lowest BCUT2D eigenvalue weighted by atomic mass is 10.3. The third-order valence-electron chi connectivity index (χ3n) is 2.51. The van der Waals surface area contributed by atoms with Crippen LogP contribution in [-0.4, -0.2) is 13.3 Å². The van der Waals surface area contributed by atoms with Gasteiger partial charge < -0.3 is 0 Å². The van der Waals surface area contributed by atoms with Crippen LogP contribution in [0.3, 0.4) is 0 Å². The van der Waals surface area contributed by atoms with E-state index in [0.717, 1.165) is 12.1 Å². The summed E-state index contributed by atoms with van der Waals surface area (Å²) in [6.45, 7) is 0. The number of rotatable bonds is 4. The van der Waals surface area contributed by atoms with E-state index >= 15 is 0 Å². The van der Waals surface area contributed by atoms with E-state index in [0.29, 0.717) is 0 Å². The number of nitro benzene ring substituents is 1. The predicted octanol–water partition coefficient (Wildman–Crippen LogP) is 3.30. The monoisotopic (exact) mass is 374 g/mol. The molecule has 6 nitrogen and oxygen atoms in total. The fourth-order valence-corrected chi connectivity index (χ4v) is 2.85. The lowest BCUT2D eigenvalue weighted by Gasteiger charge is -2.08. The Kier molecular flexibility index (Phi) is 4.24. The maximum atomic E-state index is 13.4.